The maximum absolute atomic E-state index is 13.0. The standard InChI is InChI=1S/C13H12F4N2O2/c1-7(11(20)13(15,16)17)12-18-10(19-21-12)6-8-3-2-4-9(14)5-8/h2-5,7,11,20H,6H2,1H3. The summed E-state index contributed by atoms with van der Waals surface area (Å²) in [5.41, 5.74) is 0.561. The van der Waals surface area contributed by atoms with Crippen LogP contribution in [0.3, 0.4) is 0 Å². The zero-order valence-corrected chi connectivity index (χ0v) is 10.9. The zero-order valence-electron chi connectivity index (χ0n) is 10.9. The van der Waals surface area contributed by atoms with E-state index in [0.717, 1.165) is 6.92 Å². The molecular weight excluding hydrogens is 292 g/mol. The van der Waals surface area contributed by atoms with Crippen LogP contribution in [0.25, 0.3) is 0 Å². The van der Waals surface area contributed by atoms with Gasteiger partial charge in [-0.1, -0.05) is 24.2 Å². The van der Waals surface area contributed by atoms with Crippen LogP contribution < -0.4 is 0 Å². The summed E-state index contributed by atoms with van der Waals surface area (Å²) in [6, 6.07) is 5.67. The molecule has 0 aliphatic heterocycles. The van der Waals surface area contributed by atoms with Crippen molar-refractivity contribution >= 4 is 0 Å². The minimum Gasteiger partial charge on any atom is -0.383 e. The Morgan fingerprint density at radius 1 is 1.33 bits per heavy atom. The Bertz CT molecular complexity index is 612. The Kier molecular flexibility index (Phi) is 4.26. The molecule has 2 aromatic rings. The Hall–Kier alpha value is -1.96. The highest BCUT2D eigenvalue weighted by atomic mass is 19.4. The number of hydrogen-bond acceptors (Lipinski definition) is 4. The van der Waals surface area contributed by atoms with E-state index in [1.165, 1.54) is 18.2 Å². The number of aliphatic hydroxyl groups is 1. The van der Waals surface area contributed by atoms with E-state index in [9.17, 15) is 17.6 Å². The molecule has 114 valence electrons. The Morgan fingerprint density at radius 3 is 2.67 bits per heavy atom. The first-order valence-corrected chi connectivity index (χ1v) is 6.09. The van der Waals surface area contributed by atoms with Crippen molar-refractivity contribution in [2.45, 2.75) is 31.5 Å². The fourth-order valence-electron chi connectivity index (χ4n) is 1.77. The first-order valence-electron chi connectivity index (χ1n) is 6.09. The lowest BCUT2D eigenvalue weighted by Gasteiger charge is -2.17. The highest BCUT2D eigenvalue weighted by Crippen LogP contribution is 2.30. The third-order valence-corrected chi connectivity index (χ3v) is 2.93. The number of aliphatic hydroxyl groups excluding tert-OH is 1. The maximum atomic E-state index is 13.0. The molecule has 0 spiro atoms. The maximum Gasteiger partial charge on any atom is 0.415 e. The van der Waals surface area contributed by atoms with Gasteiger partial charge < -0.3 is 9.63 Å². The van der Waals surface area contributed by atoms with Crippen molar-refractivity contribution in [2.75, 3.05) is 0 Å². The van der Waals surface area contributed by atoms with Crippen LogP contribution >= 0.6 is 0 Å². The third-order valence-electron chi connectivity index (χ3n) is 2.93. The molecule has 0 fully saturated rings. The highest BCUT2D eigenvalue weighted by molar-refractivity contribution is 5.19. The molecule has 8 heteroatoms. The van der Waals surface area contributed by atoms with Crippen LogP contribution in [-0.4, -0.2) is 27.5 Å². The molecule has 2 rings (SSSR count). The van der Waals surface area contributed by atoms with Crippen LogP contribution in [0.1, 0.15) is 30.1 Å². The van der Waals surface area contributed by atoms with Gasteiger partial charge in [0, 0.05) is 6.42 Å². The van der Waals surface area contributed by atoms with Crippen LogP contribution in [-0.2, 0) is 6.42 Å². The Labute approximate surface area is 117 Å². The topological polar surface area (TPSA) is 59.2 Å². The normalized spacial score (nSPS) is 15.0. The predicted molar refractivity (Wildman–Crippen MR) is 64.0 cm³/mol. The van der Waals surface area contributed by atoms with Crippen molar-refractivity contribution in [2.24, 2.45) is 0 Å². The van der Waals surface area contributed by atoms with E-state index in [0.29, 0.717) is 5.56 Å². The number of halogens is 4. The van der Waals surface area contributed by atoms with Crippen molar-refractivity contribution in [3.63, 3.8) is 0 Å². The summed E-state index contributed by atoms with van der Waals surface area (Å²) in [5.74, 6) is -2.00. The summed E-state index contributed by atoms with van der Waals surface area (Å²) in [6.07, 6.45) is -7.23. The van der Waals surface area contributed by atoms with Crippen LogP contribution in [0.2, 0.25) is 0 Å². The van der Waals surface area contributed by atoms with Crippen molar-refractivity contribution < 1.29 is 27.2 Å². The minimum atomic E-state index is -4.77. The Morgan fingerprint density at radius 2 is 2.05 bits per heavy atom. The lowest BCUT2D eigenvalue weighted by Crippen LogP contribution is -2.33. The molecule has 0 aliphatic rings. The molecular formula is C13H12F4N2O2. The fraction of sp³-hybridized carbons (Fsp3) is 0.385. The van der Waals surface area contributed by atoms with Crippen molar-refractivity contribution in [3.8, 4) is 0 Å². The van der Waals surface area contributed by atoms with Gasteiger partial charge in [-0.15, -0.1) is 0 Å². The summed E-state index contributed by atoms with van der Waals surface area (Å²) in [4.78, 5) is 3.81. The second-order valence-corrected chi connectivity index (χ2v) is 4.63. The third kappa shape index (κ3) is 3.78. The van der Waals surface area contributed by atoms with Crippen LogP contribution in [0, 0.1) is 5.82 Å². The zero-order chi connectivity index (χ0) is 15.6. The quantitative estimate of drug-likeness (QED) is 0.882. The predicted octanol–water partition coefficient (Wildman–Crippen LogP) is 2.83. The van der Waals surface area contributed by atoms with E-state index >= 15 is 0 Å². The molecule has 0 bridgehead atoms. The fourth-order valence-corrected chi connectivity index (χ4v) is 1.77. The van der Waals surface area contributed by atoms with E-state index in [1.807, 2.05) is 0 Å². The van der Waals surface area contributed by atoms with Crippen molar-refractivity contribution in [1.82, 2.24) is 10.1 Å². The molecule has 2 atom stereocenters. The lowest BCUT2D eigenvalue weighted by molar-refractivity contribution is -0.210. The molecule has 1 heterocycles. The van der Waals surface area contributed by atoms with Gasteiger partial charge in [-0.05, 0) is 17.7 Å². The molecule has 1 aromatic heterocycles. The summed E-state index contributed by atoms with van der Waals surface area (Å²) in [6.45, 7) is 1.14. The summed E-state index contributed by atoms with van der Waals surface area (Å²) < 4.78 is 55.0. The average molecular weight is 304 g/mol. The number of nitrogens with zero attached hydrogens (tertiary/aromatic N) is 2. The number of hydrogen-bond donors (Lipinski definition) is 1. The molecule has 0 amide bonds. The SMILES string of the molecule is CC(c1nc(Cc2cccc(F)c2)no1)C(O)C(F)(F)F. The first-order chi connectivity index (χ1) is 9.77. The molecule has 1 aromatic carbocycles. The van der Waals surface area contributed by atoms with Gasteiger partial charge in [-0.2, -0.15) is 18.2 Å². The molecule has 0 saturated heterocycles. The van der Waals surface area contributed by atoms with Crippen molar-refractivity contribution in [1.29, 1.82) is 0 Å². The van der Waals surface area contributed by atoms with Gasteiger partial charge in [-0.3, -0.25) is 0 Å². The van der Waals surface area contributed by atoms with Gasteiger partial charge in [0.15, 0.2) is 11.9 Å². The number of aromatic nitrogens is 2. The lowest BCUT2D eigenvalue weighted by atomic mass is 10.0. The van der Waals surface area contributed by atoms with Gasteiger partial charge >= 0.3 is 6.18 Å². The van der Waals surface area contributed by atoms with Gasteiger partial charge in [0.05, 0.1) is 5.92 Å². The summed E-state index contributed by atoms with van der Waals surface area (Å²) in [7, 11) is 0. The van der Waals surface area contributed by atoms with Crippen LogP contribution in [0.5, 0.6) is 0 Å². The van der Waals surface area contributed by atoms with Crippen LogP contribution in [0.15, 0.2) is 28.8 Å². The molecule has 4 nitrogen and oxygen atoms in total. The van der Waals surface area contributed by atoms with Crippen molar-refractivity contribution in [3.05, 3.63) is 47.4 Å². The molecule has 0 saturated carbocycles. The van der Waals surface area contributed by atoms with Gasteiger partial charge in [0.25, 0.3) is 0 Å². The van der Waals surface area contributed by atoms with E-state index in [1.54, 1.807) is 6.07 Å². The molecule has 1 N–H and O–H groups in total. The minimum absolute atomic E-state index is 0.121. The second kappa shape index (κ2) is 5.80. The van der Waals surface area contributed by atoms with E-state index in [4.69, 9.17) is 9.63 Å². The first kappa shape index (κ1) is 15.4. The summed E-state index contributed by atoms with van der Waals surface area (Å²) >= 11 is 0. The highest BCUT2D eigenvalue weighted by Gasteiger charge is 2.44. The molecule has 0 radical (unpaired) electrons. The number of rotatable bonds is 4. The molecule has 0 aliphatic carbocycles. The Balaban J connectivity index is 2.11. The smallest absolute Gasteiger partial charge is 0.383 e. The second-order valence-electron chi connectivity index (χ2n) is 4.63. The van der Waals surface area contributed by atoms with E-state index in [2.05, 4.69) is 10.1 Å². The van der Waals surface area contributed by atoms with Gasteiger partial charge in [-0.25, -0.2) is 4.39 Å². The number of benzene rings is 1. The molecule has 21 heavy (non-hydrogen) atoms. The summed E-state index contributed by atoms with van der Waals surface area (Å²) in [5, 5.41) is 12.7. The average Bonchev–Trinajstić information content (AvgIpc) is 2.84. The van der Waals surface area contributed by atoms with Gasteiger partial charge in [0.2, 0.25) is 5.89 Å². The van der Waals surface area contributed by atoms with Gasteiger partial charge in [0.1, 0.15) is 5.82 Å². The largest absolute Gasteiger partial charge is 0.415 e. The monoisotopic (exact) mass is 304 g/mol. The van der Waals surface area contributed by atoms with E-state index in [-0.39, 0.29) is 18.1 Å². The number of alkyl halides is 3. The van der Waals surface area contributed by atoms with E-state index < -0.39 is 24.0 Å². The molecule has 2 unspecified atom stereocenters. The van der Waals surface area contributed by atoms with Crippen LogP contribution in [0.4, 0.5) is 17.6 Å².